The predicted molar refractivity (Wildman–Crippen MR) is 62.7 cm³/mol. The molecule has 1 aromatic rings. The second-order valence-electron chi connectivity index (χ2n) is 3.27. The Morgan fingerprint density at radius 1 is 1.56 bits per heavy atom. The van der Waals surface area contributed by atoms with Gasteiger partial charge >= 0.3 is 0 Å². The second kappa shape index (κ2) is 5.18. The molecule has 0 spiro atoms. The Hall–Kier alpha value is -1.26. The van der Waals surface area contributed by atoms with E-state index in [1.54, 1.807) is 18.2 Å². The van der Waals surface area contributed by atoms with Crippen molar-refractivity contribution in [2.45, 2.75) is 13.0 Å². The fourth-order valence-electron chi connectivity index (χ4n) is 1.42. The fraction of sp³-hybridized carbons (Fsp3) is 0.364. The van der Waals surface area contributed by atoms with Gasteiger partial charge in [0.05, 0.1) is 11.6 Å². The Morgan fingerprint density at radius 2 is 2.38 bits per heavy atom. The molecule has 0 radical (unpaired) electrons. The average Bonchev–Trinajstić information content (AvgIpc) is 2.73. The van der Waals surface area contributed by atoms with Gasteiger partial charge < -0.3 is 14.8 Å². The van der Waals surface area contributed by atoms with Crippen LogP contribution >= 0.6 is 12.4 Å². The van der Waals surface area contributed by atoms with Gasteiger partial charge in [0.15, 0.2) is 17.3 Å². The quantitative estimate of drug-likeness (QED) is 0.824. The van der Waals surface area contributed by atoms with Crippen LogP contribution in [0, 0.1) is 0 Å². The fourth-order valence-corrected chi connectivity index (χ4v) is 1.42. The summed E-state index contributed by atoms with van der Waals surface area (Å²) in [7, 11) is 0. The molecule has 0 saturated heterocycles. The van der Waals surface area contributed by atoms with Gasteiger partial charge in [0.1, 0.15) is 0 Å². The van der Waals surface area contributed by atoms with Crippen LogP contribution in [0.5, 0.6) is 11.5 Å². The van der Waals surface area contributed by atoms with Crippen molar-refractivity contribution in [3.63, 3.8) is 0 Å². The number of carbonyl (C=O) groups excluding carboxylic acids is 1. The van der Waals surface area contributed by atoms with Gasteiger partial charge in [-0.2, -0.15) is 0 Å². The molecule has 0 amide bonds. The zero-order valence-electron chi connectivity index (χ0n) is 11.6. The van der Waals surface area contributed by atoms with E-state index in [0.29, 0.717) is 17.1 Å². The summed E-state index contributed by atoms with van der Waals surface area (Å²) in [6, 6.07) is 4.13. The smallest absolute Gasteiger partial charge is 0.231 e. The molecule has 0 bridgehead atoms. The molecule has 2 rings (SSSR count). The first-order valence-electron chi connectivity index (χ1n) is 6.09. The van der Waals surface area contributed by atoms with E-state index in [-0.39, 0.29) is 25.0 Å². The number of carbonyl (C=O) groups is 1. The lowest BCUT2D eigenvalue weighted by molar-refractivity contribution is 0.0950. The minimum atomic E-state index is -2.36. The highest BCUT2D eigenvalue weighted by molar-refractivity contribution is 6.02. The lowest BCUT2D eigenvalue weighted by atomic mass is 10.0. The molecule has 16 heavy (non-hydrogen) atoms. The highest BCUT2D eigenvalue weighted by Gasteiger charge is 2.23. The molecule has 1 heterocycles. The number of halogens is 1. The van der Waals surface area contributed by atoms with Crippen LogP contribution < -0.4 is 14.8 Å². The van der Waals surface area contributed by atoms with Gasteiger partial charge in [-0.1, -0.05) is 6.07 Å². The first-order valence-corrected chi connectivity index (χ1v) is 4.59. The van der Waals surface area contributed by atoms with E-state index in [2.05, 4.69) is 5.32 Å². The van der Waals surface area contributed by atoms with Crippen molar-refractivity contribution in [1.29, 1.82) is 0 Å². The van der Waals surface area contributed by atoms with Crippen molar-refractivity contribution in [1.82, 2.24) is 5.32 Å². The van der Waals surface area contributed by atoms with Crippen LogP contribution in [0.3, 0.4) is 0 Å². The zero-order chi connectivity index (χ0) is 13.3. The standard InChI is InChI=1S/C11H13NO3.ClH/c1-7(12-2)10(13)8-4-3-5-9-11(8)15-6-14-9;/h3-5,7,12H,6H2,1-2H3;1H/i2D3;. The number of hydrogen-bond acceptors (Lipinski definition) is 4. The Balaban J connectivity index is 0.00000180. The van der Waals surface area contributed by atoms with Crippen molar-refractivity contribution < 1.29 is 18.4 Å². The summed E-state index contributed by atoms with van der Waals surface area (Å²) in [4.78, 5) is 12.1. The third-order valence-corrected chi connectivity index (χ3v) is 2.27. The number of para-hydroxylation sites is 1. The number of ketones is 1. The summed E-state index contributed by atoms with van der Waals surface area (Å²) in [5, 5.41) is 2.26. The molecule has 1 aliphatic rings. The maximum Gasteiger partial charge on any atom is 0.231 e. The van der Waals surface area contributed by atoms with Gasteiger partial charge in [0.25, 0.3) is 0 Å². The van der Waals surface area contributed by atoms with E-state index in [0.717, 1.165) is 0 Å². The van der Waals surface area contributed by atoms with Gasteiger partial charge in [-0.3, -0.25) is 4.79 Å². The van der Waals surface area contributed by atoms with Crippen LogP contribution in [-0.4, -0.2) is 25.6 Å². The van der Waals surface area contributed by atoms with Crippen LogP contribution in [0.25, 0.3) is 0 Å². The van der Waals surface area contributed by atoms with Gasteiger partial charge in [-0.15, -0.1) is 12.4 Å². The molecular weight excluding hydrogens is 230 g/mol. The zero-order valence-corrected chi connectivity index (χ0v) is 9.47. The summed E-state index contributed by atoms with van der Waals surface area (Å²) in [5.41, 5.74) is 0.328. The summed E-state index contributed by atoms with van der Waals surface area (Å²) < 4.78 is 31.6. The van der Waals surface area contributed by atoms with E-state index < -0.39 is 13.0 Å². The minimum Gasteiger partial charge on any atom is -0.454 e. The number of nitrogens with one attached hydrogen (secondary N) is 1. The van der Waals surface area contributed by atoms with Crippen LogP contribution in [0.15, 0.2) is 18.2 Å². The highest BCUT2D eigenvalue weighted by Crippen LogP contribution is 2.35. The van der Waals surface area contributed by atoms with Gasteiger partial charge in [0, 0.05) is 4.11 Å². The molecule has 4 nitrogen and oxygen atoms in total. The van der Waals surface area contributed by atoms with E-state index in [1.807, 2.05) is 0 Å². The van der Waals surface area contributed by atoms with Crippen LogP contribution in [-0.2, 0) is 0 Å². The van der Waals surface area contributed by atoms with Gasteiger partial charge in [-0.25, -0.2) is 0 Å². The predicted octanol–water partition coefficient (Wildman–Crippen LogP) is 1.63. The van der Waals surface area contributed by atoms with Crippen LogP contribution in [0.2, 0.25) is 0 Å². The average molecular weight is 247 g/mol. The van der Waals surface area contributed by atoms with Gasteiger partial charge in [-0.05, 0) is 26.0 Å². The lowest BCUT2D eigenvalue weighted by Crippen LogP contribution is -2.30. The monoisotopic (exact) mass is 246 g/mol. The van der Waals surface area contributed by atoms with Crippen LogP contribution in [0.1, 0.15) is 21.4 Å². The molecule has 0 saturated carbocycles. The molecule has 1 atom stereocenters. The van der Waals surface area contributed by atoms with E-state index in [1.165, 1.54) is 6.92 Å². The second-order valence-corrected chi connectivity index (χ2v) is 3.27. The summed E-state index contributed by atoms with van der Waals surface area (Å²) in [5.74, 6) is 0.539. The molecule has 5 heteroatoms. The van der Waals surface area contributed by atoms with Crippen LogP contribution in [0.4, 0.5) is 0 Å². The number of benzene rings is 1. The first-order chi connectivity index (χ1) is 8.38. The SMILES string of the molecule is Cl.[2H]C([2H])([2H])NC(C)C(=O)c1cccc2c1OCO2. The molecule has 1 aromatic carbocycles. The van der Waals surface area contributed by atoms with Crippen molar-refractivity contribution in [2.24, 2.45) is 0 Å². The van der Waals surface area contributed by atoms with Crippen molar-refractivity contribution in [2.75, 3.05) is 13.8 Å². The molecule has 88 valence electrons. The topological polar surface area (TPSA) is 47.6 Å². The molecule has 1 aliphatic heterocycles. The molecule has 0 aliphatic carbocycles. The Bertz CT molecular complexity index is 479. The maximum atomic E-state index is 12.1. The van der Waals surface area contributed by atoms with Crippen molar-refractivity contribution >= 4 is 18.2 Å². The third kappa shape index (κ3) is 2.13. The van der Waals surface area contributed by atoms with Gasteiger partial charge in [0.2, 0.25) is 6.79 Å². The first kappa shape index (κ1) is 8.84. The number of ether oxygens (including phenoxy) is 2. The Morgan fingerprint density at radius 3 is 3.12 bits per heavy atom. The number of fused-ring (bicyclic) bond motifs is 1. The highest BCUT2D eigenvalue weighted by atomic mass is 35.5. The molecule has 1 unspecified atom stereocenters. The number of Topliss-reactive ketones (excluding diaryl/α,β-unsaturated/α-hetero) is 1. The molecule has 0 aromatic heterocycles. The summed E-state index contributed by atoms with van der Waals surface area (Å²) in [6.07, 6.45) is 0. The maximum absolute atomic E-state index is 12.1. The van der Waals surface area contributed by atoms with E-state index in [4.69, 9.17) is 13.6 Å². The number of hydrogen-bond donors (Lipinski definition) is 1. The number of rotatable bonds is 3. The Kier molecular flexibility index (Phi) is 2.87. The molecular formula is C11H14ClNO3. The molecule has 0 fully saturated rings. The van der Waals surface area contributed by atoms with Crippen molar-refractivity contribution in [3.05, 3.63) is 23.8 Å². The largest absolute Gasteiger partial charge is 0.454 e. The third-order valence-electron chi connectivity index (χ3n) is 2.27. The summed E-state index contributed by atoms with van der Waals surface area (Å²) >= 11 is 0. The number of likely N-dealkylation sites (N-methyl/N-ethyl adjacent to an activating group) is 1. The van der Waals surface area contributed by atoms with Crippen molar-refractivity contribution in [3.8, 4) is 11.5 Å². The van der Waals surface area contributed by atoms with E-state index in [9.17, 15) is 4.79 Å². The molecule has 1 N–H and O–H groups in total. The van der Waals surface area contributed by atoms with E-state index >= 15 is 0 Å². The normalized spacial score (nSPS) is 17.7. The lowest BCUT2D eigenvalue weighted by Gasteiger charge is -2.10. The Labute approximate surface area is 105 Å². The summed E-state index contributed by atoms with van der Waals surface area (Å²) in [6.45, 7) is -0.783. The minimum absolute atomic E-state index is 0.